The Bertz CT molecular complexity index is 697. The summed E-state index contributed by atoms with van der Waals surface area (Å²) in [4.78, 5) is 8.57. The number of rotatable bonds is 3. The predicted octanol–water partition coefficient (Wildman–Crippen LogP) is 1.36. The molecule has 0 unspecified atom stereocenters. The smallest absolute Gasteiger partial charge is 0.211 e. The Morgan fingerprint density at radius 1 is 1.35 bits per heavy atom. The van der Waals surface area contributed by atoms with E-state index in [1.165, 1.54) is 10.6 Å². The normalized spacial score (nSPS) is 20.4. The van der Waals surface area contributed by atoms with Gasteiger partial charge in [0, 0.05) is 18.9 Å². The number of pyridine rings is 1. The highest BCUT2D eigenvalue weighted by molar-refractivity contribution is 7.88. The molecule has 6 nitrogen and oxygen atoms in total. The highest BCUT2D eigenvalue weighted by Crippen LogP contribution is 2.32. The molecule has 3 rings (SSSR count). The first-order valence-corrected chi connectivity index (χ1v) is 8.32. The molecule has 7 heteroatoms. The zero-order valence-electron chi connectivity index (χ0n) is 11.2. The van der Waals surface area contributed by atoms with Gasteiger partial charge in [0.1, 0.15) is 12.1 Å². The summed E-state index contributed by atoms with van der Waals surface area (Å²) in [6.07, 6.45) is 8.12. The van der Waals surface area contributed by atoms with Crippen LogP contribution in [0, 0.1) is 0 Å². The average Bonchev–Trinajstić information content (AvgIpc) is 3.10. The summed E-state index contributed by atoms with van der Waals surface area (Å²) in [6, 6.07) is 5.50. The van der Waals surface area contributed by atoms with Gasteiger partial charge in [-0.25, -0.2) is 18.4 Å². The molecular formula is C13H16N4O2S. The Kier molecular flexibility index (Phi) is 3.31. The van der Waals surface area contributed by atoms with Crippen LogP contribution in [0.2, 0.25) is 0 Å². The van der Waals surface area contributed by atoms with Gasteiger partial charge in [-0.3, -0.25) is 4.57 Å². The number of hydrogen-bond donors (Lipinski definition) is 0. The van der Waals surface area contributed by atoms with Gasteiger partial charge >= 0.3 is 0 Å². The lowest BCUT2D eigenvalue weighted by atomic mass is 10.1. The van der Waals surface area contributed by atoms with E-state index in [2.05, 4.69) is 9.97 Å². The van der Waals surface area contributed by atoms with Crippen LogP contribution in [0.3, 0.4) is 0 Å². The van der Waals surface area contributed by atoms with Crippen LogP contribution in [0.15, 0.2) is 36.9 Å². The lowest BCUT2D eigenvalue weighted by molar-refractivity contribution is 0.394. The Morgan fingerprint density at radius 3 is 2.90 bits per heavy atom. The van der Waals surface area contributed by atoms with Gasteiger partial charge in [0.2, 0.25) is 10.0 Å². The van der Waals surface area contributed by atoms with Gasteiger partial charge in [0.15, 0.2) is 0 Å². The van der Waals surface area contributed by atoms with Crippen molar-refractivity contribution in [2.75, 3.05) is 12.8 Å². The van der Waals surface area contributed by atoms with E-state index in [1.807, 2.05) is 29.0 Å². The standard InChI is InChI=1S/C13H16N4O2S/c1-20(18,19)17-8-3-5-12(17)11-4-2-6-13(15-11)16-9-7-14-10-16/h2,4,6-7,9-10,12H,3,5,8H2,1H3/t12-/m1/s1. The van der Waals surface area contributed by atoms with Crippen LogP contribution in [0.1, 0.15) is 24.6 Å². The lowest BCUT2D eigenvalue weighted by Crippen LogP contribution is -2.30. The minimum atomic E-state index is -3.19. The van der Waals surface area contributed by atoms with E-state index < -0.39 is 10.0 Å². The summed E-state index contributed by atoms with van der Waals surface area (Å²) >= 11 is 0. The first-order valence-electron chi connectivity index (χ1n) is 6.48. The highest BCUT2D eigenvalue weighted by Gasteiger charge is 2.33. The summed E-state index contributed by atoms with van der Waals surface area (Å²) in [5, 5.41) is 0. The summed E-state index contributed by atoms with van der Waals surface area (Å²) in [7, 11) is -3.19. The number of imidazole rings is 1. The van der Waals surface area contributed by atoms with Gasteiger partial charge in [0.25, 0.3) is 0 Å². The van der Waals surface area contributed by atoms with Crippen LogP contribution in [0.5, 0.6) is 0 Å². The molecule has 0 radical (unpaired) electrons. The molecule has 0 N–H and O–H groups in total. The lowest BCUT2D eigenvalue weighted by Gasteiger charge is -2.21. The summed E-state index contributed by atoms with van der Waals surface area (Å²) < 4.78 is 27.0. The van der Waals surface area contributed by atoms with Crippen LogP contribution in [0.25, 0.3) is 5.82 Å². The third-order valence-corrected chi connectivity index (χ3v) is 4.78. The molecule has 1 atom stereocenters. The van der Waals surface area contributed by atoms with E-state index in [0.29, 0.717) is 6.54 Å². The van der Waals surface area contributed by atoms with Gasteiger partial charge in [0.05, 0.1) is 18.0 Å². The predicted molar refractivity (Wildman–Crippen MR) is 74.9 cm³/mol. The number of sulfonamides is 1. The van der Waals surface area contributed by atoms with Crippen LogP contribution in [-0.2, 0) is 10.0 Å². The molecule has 2 aromatic rings. The number of nitrogens with zero attached hydrogens (tertiary/aromatic N) is 4. The molecule has 1 aliphatic heterocycles. The molecule has 1 aliphatic rings. The fraction of sp³-hybridized carbons (Fsp3) is 0.385. The van der Waals surface area contributed by atoms with Crippen LogP contribution in [-0.4, -0.2) is 40.1 Å². The third kappa shape index (κ3) is 2.46. The average molecular weight is 292 g/mol. The minimum Gasteiger partial charge on any atom is -0.291 e. The topological polar surface area (TPSA) is 68.1 Å². The SMILES string of the molecule is CS(=O)(=O)N1CCC[C@@H]1c1cccc(-n2ccnc2)n1. The van der Waals surface area contributed by atoms with Crippen molar-refractivity contribution in [3.63, 3.8) is 0 Å². The first kappa shape index (κ1) is 13.3. The largest absolute Gasteiger partial charge is 0.291 e. The summed E-state index contributed by atoms with van der Waals surface area (Å²) in [6.45, 7) is 0.570. The molecule has 0 aliphatic carbocycles. The third-order valence-electron chi connectivity index (χ3n) is 3.50. The molecule has 20 heavy (non-hydrogen) atoms. The van der Waals surface area contributed by atoms with Crippen molar-refractivity contribution in [2.45, 2.75) is 18.9 Å². The Hall–Kier alpha value is -1.73. The van der Waals surface area contributed by atoms with Crippen molar-refractivity contribution in [1.82, 2.24) is 18.8 Å². The second-order valence-corrected chi connectivity index (χ2v) is 6.86. The van der Waals surface area contributed by atoms with Crippen LogP contribution in [0.4, 0.5) is 0 Å². The van der Waals surface area contributed by atoms with E-state index in [9.17, 15) is 8.42 Å². The Morgan fingerprint density at radius 2 is 2.20 bits per heavy atom. The molecule has 0 aromatic carbocycles. The summed E-state index contributed by atoms with van der Waals surface area (Å²) in [5.74, 6) is 0.750. The maximum absolute atomic E-state index is 11.8. The molecule has 3 heterocycles. The van der Waals surface area contributed by atoms with Crippen LogP contribution < -0.4 is 0 Å². The second-order valence-electron chi connectivity index (χ2n) is 4.92. The molecule has 0 bridgehead atoms. The second kappa shape index (κ2) is 4.99. The molecule has 2 aromatic heterocycles. The first-order chi connectivity index (χ1) is 9.55. The zero-order valence-corrected chi connectivity index (χ0v) is 12.0. The quantitative estimate of drug-likeness (QED) is 0.856. The molecule has 0 amide bonds. The summed E-state index contributed by atoms with van der Waals surface area (Å²) in [5.41, 5.74) is 0.791. The molecule has 0 saturated carbocycles. The monoisotopic (exact) mass is 292 g/mol. The van der Waals surface area contributed by atoms with Crippen molar-refractivity contribution in [3.8, 4) is 5.82 Å². The fourth-order valence-corrected chi connectivity index (χ4v) is 3.73. The molecular weight excluding hydrogens is 276 g/mol. The molecule has 1 fully saturated rings. The van der Waals surface area contributed by atoms with Gasteiger partial charge in [-0.2, -0.15) is 4.31 Å². The van der Waals surface area contributed by atoms with E-state index in [4.69, 9.17) is 0 Å². The van der Waals surface area contributed by atoms with Crippen molar-refractivity contribution >= 4 is 10.0 Å². The highest BCUT2D eigenvalue weighted by atomic mass is 32.2. The van der Waals surface area contributed by atoms with Gasteiger partial charge in [-0.15, -0.1) is 0 Å². The maximum atomic E-state index is 11.8. The van der Waals surface area contributed by atoms with Crippen molar-refractivity contribution in [2.24, 2.45) is 0 Å². The molecule has 0 spiro atoms. The van der Waals surface area contributed by atoms with E-state index >= 15 is 0 Å². The molecule has 1 saturated heterocycles. The zero-order chi connectivity index (χ0) is 14.2. The minimum absolute atomic E-state index is 0.159. The van der Waals surface area contributed by atoms with Crippen molar-refractivity contribution in [3.05, 3.63) is 42.6 Å². The van der Waals surface area contributed by atoms with Crippen molar-refractivity contribution < 1.29 is 8.42 Å². The Labute approximate surface area is 118 Å². The van der Waals surface area contributed by atoms with Crippen LogP contribution >= 0.6 is 0 Å². The number of aromatic nitrogens is 3. The Balaban J connectivity index is 1.97. The molecule has 106 valence electrons. The van der Waals surface area contributed by atoms with Gasteiger partial charge < -0.3 is 0 Å². The maximum Gasteiger partial charge on any atom is 0.211 e. The van der Waals surface area contributed by atoms with E-state index in [1.54, 1.807) is 12.5 Å². The van der Waals surface area contributed by atoms with Gasteiger partial charge in [-0.05, 0) is 25.0 Å². The van der Waals surface area contributed by atoms with E-state index in [0.717, 1.165) is 24.4 Å². The van der Waals surface area contributed by atoms with E-state index in [-0.39, 0.29) is 6.04 Å². The van der Waals surface area contributed by atoms with Gasteiger partial charge in [-0.1, -0.05) is 6.07 Å². The fourth-order valence-electron chi connectivity index (χ4n) is 2.60. The van der Waals surface area contributed by atoms with Crippen molar-refractivity contribution in [1.29, 1.82) is 0 Å². The number of hydrogen-bond acceptors (Lipinski definition) is 4.